The molecule has 6 heteroatoms. The zero-order chi connectivity index (χ0) is 49.3. The van der Waals surface area contributed by atoms with Crippen LogP contribution in [-0.2, 0) is 28.6 Å². The van der Waals surface area contributed by atoms with Gasteiger partial charge >= 0.3 is 17.9 Å². The summed E-state index contributed by atoms with van der Waals surface area (Å²) >= 11 is 0. The molecule has 0 aromatic rings. The highest BCUT2D eigenvalue weighted by molar-refractivity contribution is 5.71. The van der Waals surface area contributed by atoms with E-state index in [9.17, 15) is 14.4 Å². The third-order valence-corrected chi connectivity index (χ3v) is 13.0. The molecule has 0 fully saturated rings. The first kappa shape index (κ1) is 65.4. The minimum Gasteiger partial charge on any atom is -0.462 e. The molecule has 6 nitrogen and oxygen atoms in total. The topological polar surface area (TPSA) is 78.9 Å². The Labute approximate surface area is 422 Å². The van der Waals surface area contributed by atoms with Crippen molar-refractivity contribution in [3.05, 3.63) is 48.6 Å². The van der Waals surface area contributed by atoms with Crippen molar-refractivity contribution >= 4 is 17.9 Å². The van der Waals surface area contributed by atoms with E-state index in [0.29, 0.717) is 19.3 Å². The lowest BCUT2D eigenvalue weighted by Crippen LogP contribution is -2.30. The maximum absolute atomic E-state index is 12.8. The summed E-state index contributed by atoms with van der Waals surface area (Å²) in [5.74, 6) is -0.873. The number of allylic oxidation sites excluding steroid dienone is 8. The van der Waals surface area contributed by atoms with Crippen molar-refractivity contribution in [3.63, 3.8) is 0 Å². The van der Waals surface area contributed by atoms with Crippen LogP contribution in [0, 0.1) is 0 Å². The van der Waals surface area contributed by atoms with Gasteiger partial charge in [-0.1, -0.05) is 262 Å². The minimum absolute atomic E-state index is 0.0736. The number of hydrogen-bond acceptors (Lipinski definition) is 6. The van der Waals surface area contributed by atoms with Gasteiger partial charge in [-0.2, -0.15) is 0 Å². The molecular formula is C62H112O6. The van der Waals surface area contributed by atoms with E-state index in [1.54, 1.807) is 0 Å². The van der Waals surface area contributed by atoms with Crippen molar-refractivity contribution in [2.45, 2.75) is 316 Å². The van der Waals surface area contributed by atoms with Crippen LogP contribution >= 0.6 is 0 Å². The van der Waals surface area contributed by atoms with Gasteiger partial charge in [-0.25, -0.2) is 0 Å². The van der Waals surface area contributed by atoms with Gasteiger partial charge in [-0.05, 0) is 77.0 Å². The Bertz CT molecular complexity index is 1190. The molecule has 0 bridgehead atoms. The number of rotatable bonds is 54. The minimum atomic E-state index is -0.773. The predicted octanol–water partition coefficient (Wildman–Crippen LogP) is 19.8. The molecule has 0 aliphatic heterocycles. The van der Waals surface area contributed by atoms with Crippen LogP contribution < -0.4 is 0 Å². The fourth-order valence-corrected chi connectivity index (χ4v) is 8.57. The van der Waals surface area contributed by atoms with Gasteiger partial charge in [0.25, 0.3) is 0 Å². The number of carbonyl (C=O) groups is 3. The van der Waals surface area contributed by atoms with Gasteiger partial charge in [0.1, 0.15) is 13.2 Å². The zero-order valence-electron chi connectivity index (χ0n) is 45.4. The Morgan fingerprint density at radius 3 is 0.897 bits per heavy atom. The smallest absolute Gasteiger partial charge is 0.306 e. The SMILES string of the molecule is CCC/C=C\CCCCCCCC(=O)OCC(COC(=O)CCCCCCCCCCCCCC/C=C\C/C=C\C/C=C\CCCCCCC)OC(=O)CCCCCCCCCCCCCCC. The van der Waals surface area contributed by atoms with E-state index in [4.69, 9.17) is 14.2 Å². The average molecular weight is 954 g/mol. The highest BCUT2D eigenvalue weighted by Crippen LogP contribution is 2.16. The second-order valence-electron chi connectivity index (χ2n) is 19.9. The van der Waals surface area contributed by atoms with E-state index in [-0.39, 0.29) is 31.1 Å². The molecule has 1 atom stereocenters. The molecule has 0 saturated heterocycles. The standard InChI is InChI=1S/C62H112O6/c1-4-7-10-13-16-19-22-24-25-26-27-28-29-30-31-32-33-34-35-36-37-39-40-43-46-49-52-55-61(64)67-58-59(57-66-60(63)54-51-48-45-42-21-18-15-12-9-6-3)68-62(65)56-53-50-47-44-41-38-23-20-17-14-11-8-5-2/h12,15,22,24,26-27,29-30,59H,4-11,13-14,16-21,23,25,28,31-58H2,1-3H3/b15-12-,24-22-,27-26-,30-29-. The van der Waals surface area contributed by atoms with Crippen LogP contribution in [0.25, 0.3) is 0 Å². The Balaban J connectivity index is 4.16. The molecule has 0 aromatic carbocycles. The maximum atomic E-state index is 12.8. The average Bonchev–Trinajstić information content (AvgIpc) is 3.34. The Morgan fingerprint density at radius 2 is 0.559 bits per heavy atom. The first-order chi connectivity index (χ1) is 33.5. The van der Waals surface area contributed by atoms with Gasteiger partial charge < -0.3 is 14.2 Å². The Hall–Kier alpha value is -2.63. The maximum Gasteiger partial charge on any atom is 0.306 e. The summed E-state index contributed by atoms with van der Waals surface area (Å²) in [4.78, 5) is 38.0. The van der Waals surface area contributed by atoms with Crippen LogP contribution in [0.5, 0.6) is 0 Å². The third kappa shape index (κ3) is 54.3. The summed E-state index contributed by atoms with van der Waals surface area (Å²) in [5.41, 5.74) is 0. The molecule has 0 saturated carbocycles. The second-order valence-corrected chi connectivity index (χ2v) is 19.9. The van der Waals surface area contributed by atoms with E-state index < -0.39 is 6.10 Å². The summed E-state index contributed by atoms with van der Waals surface area (Å²) < 4.78 is 16.8. The van der Waals surface area contributed by atoms with Gasteiger partial charge in [0, 0.05) is 19.3 Å². The monoisotopic (exact) mass is 953 g/mol. The van der Waals surface area contributed by atoms with Crippen LogP contribution in [0.3, 0.4) is 0 Å². The van der Waals surface area contributed by atoms with Gasteiger partial charge in [0.2, 0.25) is 0 Å². The van der Waals surface area contributed by atoms with Crippen LogP contribution in [0.15, 0.2) is 48.6 Å². The fraction of sp³-hybridized carbons (Fsp3) is 0.823. The van der Waals surface area contributed by atoms with Crippen LogP contribution in [0.1, 0.15) is 310 Å². The van der Waals surface area contributed by atoms with E-state index in [1.807, 2.05) is 0 Å². The number of hydrogen-bond donors (Lipinski definition) is 0. The summed E-state index contributed by atoms with van der Waals surface area (Å²) in [7, 11) is 0. The van der Waals surface area contributed by atoms with Crippen molar-refractivity contribution in [2.75, 3.05) is 13.2 Å². The molecule has 0 spiro atoms. The lowest BCUT2D eigenvalue weighted by molar-refractivity contribution is -0.167. The van der Waals surface area contributed by atoms with Crippen molar-refractivity contribution in [2.24, 2.45) is 0 Å². The normalized spacial score (nSPS) is 12.3. The van der Waals surface area contributed by atoms with Gasteiger partial charge in [-0.15, -0.1) is 0 Å². The Morgan fingerprint density at radius 1 is 0.294 bits per heavy atom. The summed E-state index contributed by atoms with van der Waals surface area (Å²) in [6.45, 7) is 6.59. The molecule has 0 amide bonds. The molecule has 0 radical (unpaired) electrons. The molecule has 396 valence electrons. The highest BCUT2D eigenvalue weighted by Gasteiger charge is 2.19. The Kier molecular flexibility index (Phi) is 54.8. The molecule has 0 aliphatic carbocycles. The molecule has 0 heterocycles. The summed E-state index contributed by atoms with van der Waals surface area (Å²) in [6, 6.07) is 0. The van der Waals surface area contributed by atoms with Crippen LogP contribution in [0.2, 0.25) is 0 Å². The summed E-state index contributed by atoms with van der Waals surface area (Å²) in [5, 5.41) is 0. The third-order valence-electron chi connectivity index (χ3n) is 13.0. The molecule has 0 rings (SSSR count). The molecule has 0 aliphatic rings. The predicted molar refractivity (Wildman–Crippen MR) is 293 cm³/mol. The van der Waals surface area contributed by atoms with Crippen molar-refractivity contribution in [1.29, 1.82) is 0 Å². The zero-order valence-corrected chi connectivity index (χ0v) is 45.4. The highest BCUT2D eigenvalue weighted by atomic mass is 16.6. The number of unbranched alkanes of at least 4 members (excludes halogenated alkanes) is 35. The van der Waals surface area contributed by atoms with Gasteiger partial charge in [0.15, 0.2) is 6.10 Å². The van der Waals surface area contributed by atoms with Crippen molar-refractivity contribution in [1.82, 2.24) is 0 Å². The van der Waals surface area contributed by atoms with E-state index in [2.05, 4.69) is 69.4 Å². The largest absolute Gasteiger partial charge is 0.462 e. The van der Waals surface area contributed by atoms with Crippen molar-refractivity contribution < 1.29 is 28.6 Å². The van der Waals surface area contributed by atoms with E-state index in [1.165, 1.54) is 186 Å². The second kappa shape index (κ2) is 57.0. The lowest BCUT2D eigenvalue weighted by atomic mass is 10.0. The first-order valence-electron chi connectivity index (χ1n) is 29.6. The number of ether oxygens (including phenoxy) is 3. The number of carbonyl (C=O) groups excluding carboxylic acids is 3. The van der Waals surface area contributed by atoms with Crippen LogP contribution in [0.4, 0.5) is 0 Å². The van der Waals surface area contributed by atoms with Crippen molar-refractivity contribution in [3.8, 4) is 0 Å². The molecule has 0 aromatic heterocycles. The fourth-order valence-electron chi connectivity index (χ4n) is 8.57. The summed E-state index contributed by atoms with van der Waals surface area (Å²) in [6.07, 6.45) is 69.8. The van der Waals surface area contributed by atoms with Crippen LogP contribution in [-0.4, -0.2) is 37.2 Å². The molecule has 0 N–H and O–H groups in total. The number of esters is 3. The quantitative estimate of drug-likeness (QED) is 0.0262. The molecular weight excluding hydrogens is 841 g/mol. The molecule has 1 unspecified atom stereocenters. The molecule has 68 heavy (non-hydrogen) atoms. The first-order valence-corrected chi connectivity index (χ1v) is 29.6. The van der Waals surface area contributed by atoms with E-state index in [0.717, 1.165) is 83.5 Å². The van der Waals surface area contributed by atoms with E-state index >= 15 is 0 Å². The lowest BCUT2D eigenvalue weighted by Gasteiger charge is -2.18. The van der Waals surface area contributed by atoms with Gasteiger partial charge in [-0.3, -0.25) is 14.4 Å². The van der Waals surface area contributed by atoms with Gasteiger partial charge in [0.05, 0.1) is 0 Å².